The second kappa shape index (κ2) is 8.53. The number of carbonyl (C=O) groups excluding carboxylic acids is 1. The van der Waals surface area contributed by atoms with E-state index in [1.807, 2.05) is 24.4 Å². The minimum Gasteiger partial charge on any atom is -0.354 e. The van der Waals surface area contributed by atoms with Gasteiger partial charge < -0.3 is 10.6 Å². The van der Waals surface area contributed by atoms with Gasteiger partial charge in [-0.15, -0.1) is 23.7 Å². The van der Waals surface area contributed by atoms with Crippen LogP contribution in [0.15, 0.2) is 17.5 Å². The predicted octanol–water partition coefficient (Wildman–Crippen LogP) is 1.29. The van der Waals surface area contributed by atoms with Gasteiger partial charge in [0.2, 0.25) is 5.91 Å². The van der Waals surface area contributed by atoms with Gasteiger partial charge in [0.15, 0.2) is 0 Å². The van der Waals surface area contributed by atoms with Crippen molar-refractivity contribution in [1.82, 2.24) is 15.5 Å². The quantitative estimate of drug-likeness (QED) is 0.862. The predicted molar refractivity (Wildman–Crippen MR) is 82.3 cm³/mol. The van der Waals surface area contributed by atoms with Crippen molar-refractivity contribution in [1.29, 1.82) is 0 Å². The largest absolute Gasteiger partial charge is 0.354 e. The molecular weight excluding hydrogens is 282 g/mol. The summed E-state index contributed by atoms with van der Waals surface area (Å²) in [5.41, 5.74) is 0. The fourth-order valence-electron chi connectivity index (χ4n) is 2.09. The molecule has 1 aromatic heterocycles. The zero-order chi connectivity index (χ0) is 12.8. The third kappa shape index (κ3) is 5.10. The summed E-state index contributed by atoms with van der Waals surface area (Å²) in [6, 6.07) is 4.01. The Labute approximate surface area is 125 Å². The molecule has 0 bridgehead atoms. The summed E-state index contributed by atoms with van der Waals surface area (Å²) in [7, 11) is 0. The second-order valence-corrected chi connectivity index (χ2v) is 5.60. The highest BCUT2D eigenvalue weighted by atomic mass is 35.5. The number of piperazine rings is 1. The molecule has 2 heterocycles. The normalized spacial score (nSPS) is 17.5. The van der Waals surface area contributed by atoms with E-state index in [2.05, 4.69) is 15.5 Å². The maximum Gasteiger partial charge on any atom is 0.228 e. The van der Waals surface area contributed by atoms with E-state index in [0.717, 1.165) is 44.1 Å². The van der Waals surface area contributed by atoms with Crippen molar-refractivity contribution < 1.29 is 4.79 Å². The van der Waals surface area contributed by atoms with Gasteiger partial charge in [-0.1, -0.05) is 6.07 Å². The molecule has 2 rings (SSSR count). The van der Waals surface area contributed by atoms with Gasteiger partial charge in [0, 0.05) is 44.1 Å². The van der Waals surface area contributed by atoms with Crippen molar-refractivity contribution in [2.45, 2.75) is 12.8 Å². The van der Waals surface area contributed by atoms with Gasteiger partial charge in [0.25, 0.3) is 0 Å². The highest BCUT2D eigenvalue weighted by Gasteiger charge is 2.16. The Hall–Kier alpha value is -0.620. The second-order valence-electron chi connectivity index (χ2n) is 4.62. The third-order valence-corrected chi connectivity index (χ3v) is 4.36. The first kappa shape index (κ1) is 16.4. The average Bonchev–Trinajstić information content (AvgIpc) is 2.93. The lowest BCUT2D eigenvalue weighted by Crippen LogP contribution is -2.46. The maximum atomic E-state index is 11.9. The van der Waals surface area contributed by atoms with Crippen LogP contribution >= 0.6 is 23.7 Å². The van der Waals surface area contributed by atoms with Gasteiger partial charge in [-0.05, 0) is 18.4 Å². The SMILES string of the molecule is CC(C(=O)NCCN1CCNCC1)c1cccs1.Cl. The number of amides is 1. The van der Waals surface area contributed by atoms with Crippen LogP contribution in [0, 0.1) is 0 Å². The Bertz CT molecular complexity index is 366. The minimum atomic E-state index is -0.0342. The van der Waals surface area contributed by atoms with E-state index >= 15 is 0 Å². The van der Waals surface area contributed by atoms with E-state index < -0.39 is 0 Å². The smallest absolute Gasteiger partial charge is 0.228 e. The third-order valence-electron chi connectivity index (χ3n) is 3.30. The number of carbonyl (C=O) groups is 1. The summed E-state index contributed by atoms with van der Waals surface area (Å²) in [6.45, 7) is 7.93. The van der Waals surface area contributed by atoms with Crippen molar-refractivity contribution in [2.75, 3.05) is 39.3 Å². The van der Waals surface area contributed by atoms with Crippen molar-refractivity contribution in [3.05, 3.63) is 22.4 Å². The zero-order valence-corrected chi connectivity index (χ0v) is 12.9. The van der Waals surface area contributed by atoms with Crippen LogP contribution in [0.5, 0.6) is 0 Å². The molecule has 1 aliphatic rings. The number of halogens is 1. The van der Waals surface area contributed by atoms with E-state index in [4.69, 9.17) is 0 Å². The summed E-state index contributed by atoms with van der Waals surface area (Å²) >= 11 is 1.64. The minimum absolute atomic E-state index is 0. The van der Waals surface area contributed by atoms with Gasteiger partial charge in [0.1, 0.15) is 0 Å². The lowest BCUT2D eigenvalue weighted by atomic mass is 10.1. The van der Waals surface area contributed by atoms with Gasteiger partial charge in [0.05, 0.1) is 5.92 Å². The standard InChI is InChI=1S/C13H21N3OS.ClH/c1-11(12-3-2-10-18-12)13(17)15-6-9-16-7-4-14-5-8-16;/h2-3,10-11,14H,4-9H2,1H3,(H,15,17);1H. The molecule has 1 saturated heterocycles. The van der Waals surface area contributed by atoms with Crippen molar-refractivity contribution in [3.8, 4) is 0 Å². The Morgan fingerprint density at radius 3 is 2.89 bits per heavy atom. The van der Waals surface area contributed by atoms with E-state index in [1.54, 1.807) is 11.3 Å². The number of hydrogen-bond acceptors (Lipinski definition) is 4. The average molecular weight is 304 g/mol. The molecule has 6 heteroatoms. The topological polar surface area (TPSA) is 44.4 Å². The molecule has 108 valence electrons. The first-order valence-electron chi connectivity index (χ1n) is 6.51. The van der Waals surface area contributed by atoms with Crippen LogP contribution in [-0.4, -0.2) is 50.1 Å². The summed E-state index contributed by atoms with van der Waals surface area (Å²) in [4.78, 5) is 15.5. The van der Waals surface area contributed by atoms with E-state index in [9.17, 15) is 4.79 Å². The van der Waals surface area contributed by atoms with Gasteiger partial charge in [-0.2, -0.15) is 0 Å². The molecule has 1 aromatic rings. The van der Waals surface area contributed by atoms with Crippen LogP contribution < -0.4 is 10.6 Å². The Kier molecular flexibility index (Phi) is 7.38. The highest BCUT2D eigenvalue weighted by Crippen LogP contribution is 2.20. The van der Waals surface area contributed by atoms with Crippen molar-refractivity contribution >= 4 is 29.7 Å². The van der Waals surface area contributed by atoms with E-state index in [0.29, 0.717) is 0 Å². The lowest BCUT2D eigenvalue weighted by Gasteiger charge is -2.27. The first-order chi connectivity index (χ1) is 8.77. The fourth-order valence-corrected chi connectivity index (χ4v) is 2.87. The molecular formula is C13H22ClN3OS. The molecule has 1 unspecified atom stereocenters. The number of thiophene rings is 1. The van der Waals surface area contributed by atoms with Crippen LogP contribution in [0.25, 0.3) is 0 Å². The number of nitrogens with one attached hydrogen (secondary N) is 2. The molecule has 1 fully saturated rings. The van der Waals surface area contributed by atoms with E-state index in [-0.39, 0.29) is 24.2 Å². The summed E-state index contributed by atoms with van der Waals surface area (Å²) in [5.74, 6) is 0.0978. The van der Waals surface area contributed by atoms with Crippen LogP contribution in [0.1, 0.15) is 17.7 Å². The Balaban J connectivity index is 0.00000180. The van der Waals surface area contributed by atoms with Gasteiger partial charge >= 0.3 is 0 Å². The first-order valence-corrected chi connectivity index (χ1v) is 7.39. The molecule has 0 spiro atoms. The number of rotatable bonds is 5. The zero-order valence-electron chi connectivity index (χ0n) is 11.2. The number of nitrogens with zero attached hydrogens (tertiary/aromatic N) is 1. The Morgan fingerprint density at radius 2 is 2.26 bits per heavy atom. The molecule has 4 nitrogen and oxygen atoms in total. The van der Waals surface area contributed by atoms with E-state index in [1.165, 1.54) is 0 Å². The van der Waals surface area contributed by atoms with Crippen molar-refractivity contribution in [3.63, 3.8) is 0 Å². The maximum absolute atomic E-state index is 11.9. The lowest BCUT2D eigenvalue weighted by molar-refractivity contribution is -0.122. The van der Waals surface area contributed by atoms with Gasteiger partial charge in [-0.3, -0.25) is 9.69 Å². The summed E-state index contributed by atoms with van der Waals surface area (Å²) in [5, 5.41) is 8.36. The summed E-state index contributed by atoms with van der Waals surface area (Å²) < 4.78 is 0. The molecule has 0 aliphatic carbocycles. The van der Waals surface area contributed by atoms with Crippen molar-refractivity contribution in [2.24, 2.45) is 0 Å². The molecule has 0 radical (unpaired) electrons. The fraction of sp³-hybridized carbons (Fsp3) is 0.615. The van der Waals surface area contributed by atoms with Crippen LogP contribution in [0.4, 0.5) is 0 Å². The molecule has 1 aliphatic heterocycles. The highest BCUT2D eigenvalue weighted by molar-refractivity contribution is 7.10. The molecule has 1 atom stereocenters. The number of hydrogen-bond donors (Lipinski definition) is 2. The molecule has 2 N–H and O–H groups in total. The molecule has 1 amide bonds. The van der Waals surface area contributed by atoms with Crippen LogP contribution in [0.3, 0.4) is 0 Å². The van der Waals surface area contributed by atoms with Gasteiger partial charge in [-0.25, -0.2) is 0 Å². The van der Waals surface area contributed by atoms with Crippen LogP contribution in [0.2, 0.25) is 0 Å². The Morgan fingerprint density at radius 1 is 1.53 bits per heavy atom. The van der Waals surface area contributed by atoms with Crippen LogP contribution in [-0.2, 0) is 4.79 Å². The summed E-state index contributed by atoms with van der Waals surface area (Å²) in [6.07, 6.45) is 0. The molecule has 0 saturated carbocycles. The molecule has 0 aromatic carbocycles. The monoisotopic (exact) mass is 303 g/mol. The molecule has 19 heavy (non-hydrogen) atoms.